The zero-order chi connectivity index (χ0) is 23.6. The molecule has 2 N–H and O–H groups in total. The fourth-order valence-electron chi connectivity index (χ4n) is 3.80. The van der Waals surface area contributed by atoms with E-state index in [9.17, 15) is 5.11 Å². The molecule has 176 valence electrons. The van der Waals surface area contributed by atoms with E-state index in [-0.39, 0.29) is 0 Å². The molecule has 6 heteroatoms. The van der Waals surface area contributed by atoms with E-state index in [0.29, 0.717) is 36.8 Å². The number of nitrogens with one attached hydrogen (secondary N) is 1. The summed E-state index contributed by atoms with van der Waals surface area (Å²) in [6, 6.07) is 10.1. The molecule has 0 amide bonds. The third-order valence-corrected chi connectivity index (χ3v) is 5.66. The molecule has 0 saturated carbocycles. The van der Waals surface area contributed by atoms with Gasteiger partial charge in [-0.1, -0.05) is 48.6 Å². The van der Waals surface area contributed by atoms with Crippen LogP contribution >= 0.6 is 0 Å². The van der Waals surface area contributed by atoms with Crippen molar-refractivity contribution < 1.29 is 14.3 Å². The second-order valence-corrected chi connectivity index (χ2v) is 8.19. The first-order valence-corrected chi connectivity index (χ1v) is 11.4. The van der Waals surface area contributed by atoms with Crippen LogP contribution in [0.25, 0.3) is 11.3 Å². The van der Waals surface area contributed by atoms with Gasteiger partial charge < -0.3 is 24.5 Å². The highest BCUT2D eigenvalue weighted by Crippen LogP contribution is 2.36. The molecule has 1 saturated heterocycles. The topological polar surface area (TPSA) is 70.2 Å². The van der Waals surface area contributed by atoms with E-state index in [4.69, 9.17) is 9.15 Å². The summed E-state index contributed by atoms with van der Waals surface area (Å²) in [5.74, 6) is 1.12. The third-order valence-electron chi connectivity index (χ3n) is 5.66. The highest BCUT2D eigenvalue weighted by Gasteiger charge is 2.23. The molecule has 33 heavy (non-hydrogen) atoms. The highest BCUT2D eigenvalue weighted by molar-refractivity contribution is 5.75. The molecule has 1 aliphatic heterocycles. The van der Waals surface area contributed by atoms with Crippen LogP contribution in [0.5, 0.6) is 0 Å². The second kappa shape index (κ2) is 12.3. The Morgan fingerprint density at radius 2 is 2.09 bits per heavy atom. The van der Waals surface area contributed by atoms with Gasteiger partial charge in [0, 0.05) is 19.2 Å². The number of ether oxygens (including phenoxy) is 1. The van der Waals surface area contributed by atoms with Crippen LogP contribution in [0.4, 0.5) is 5.69 Å². The van der Waals surface area contributed by atoms with Crippen LogP contribution in [0, 0.1) is 6.92 Å². The largest absolute Gasteiger partial charge is 0.454 e. The van der Waals surface area contributed by atoms with Crippen molar-refractivity contribution in [2.24, 2.45) is 4.99 Å². The lowest BCUT2D eigenvalue weighted by atomic mass is 10.0. The molecule has 0 radical (unpaired) electrons. The maximum absolute atomic E-state index is 10.6. The number of hydrogen-bond acceptors (Lipinski definition) is 6. The maximum atomic E-state index is 10.6. The summed E-state index contributed by atoms with van der Waals surface area (Å²) < 4.78 is 11.7. The molecule has 1 unspecified atom stereocenters. The number of nitrogens with zero attached hydrogens (tertiary/aromatic N) is 2. The number of morpholine rings is 1. The van der Waals surface area contributed by atoms with Gasteiger partial charge in [0.05, 0.1) is 18.9 Å². The Morgan fingerprint density at radius 3 is 2.79 bits per heavy atom. The lowest BCUT2D eigenvalue weighted by Crippen LogP contribution is -2.34. The summed E-state index contributed by atoms with van der Waals surface area (Å²) in [6.45, 7) is 13.6. The minimum absolute atomic E-state index is 0.510. The lowest BCUT2D eigenvalue weighted by Gasteiger charge is -2.30. The fraction of sp³-hybridized carbons (Fsp3) is 0.370. The van der Waals surface area contributed by atoms with Gasteiger partial charge in [0.2, 0.25) is 0 Å². The van der Waals surface area contributed by atoms with E-state index < -0.39 is 6.10 Å². The standard InChI is InChI=1S/C27H35N3O3/c1-20-8-5-10-22(18-20)21(2)9-6-11-24(30-14-16-32-17-15-30)27-23(29-4)19-26(33-27)25(31)12-7-13-28-3/h5-6,8-11,18-19,25,28,31H,2,4,7,12-17H2,1,3H3/b9-6-,24-11+. The van der Waals surface area contributed by atoms with Gasteiger partial charge in [-0.2, -0.15) is 0 Å². The predicted octanol–water partition coefficient (Wildman–Crippen LogP) is 4.90. The molecule has 0 spiro atoms. The first-order chi connectivity index (χ1) is 16.0. The fourth-order valence-corrected chi connectivity index (χ4v) is 3.80. The molecule has 1 aromatic heterocycles. The average molecular weight is 450 g/mol. The normalized spacial score (nSPS) is 15.7. The Bertz CT molecular complexity index is 1000. The van der Waals surface area contributed by atoms with Crippen LogP contribution in [-0.2, 0) is 4.74 Å². The van der Waals surface area contributed by atoms with Crippen LogP contribution < -0.4 is 5.32 Å². The van der Waals surface area contributed by atoms with Crippen molar-refractivity contribution in [3.63, 3.8) is 0 Å². The number of aliphatic hydroxyl groups excluding tert-OH is 1. The second-order valence-electron chi connectivity index (χ2n) is 8.19. The van der Waals surface area contributed by atoms with Gasteiger partial charge in [-0.15, -0.1) is 0 Å². The average Bonchev–Trinajstić information content (AvgIpc) is 3.26. The molecular formula is C27H35N3O3. The molecule has 0 bridgehead atoms. The van der Waals surface area contributed by atoms with Crippen LogP contribution in [-0.4, -0.2) is 56.6 Å². The monoisotopic (exact) mass is 449 g/mol. The van der Waals surface area contributed by atoms with Crippen LogP contribution in [0.3, 0.4) is 0 Å². The molecule has 1 aromatic carbocycles. The lowest BCUT2D eigenvalue weighted by molar-refractivity contribution is 0.0630. The SMILES string of the molecule is C=Nc1cc(C(O)CCCNC)oc1/C(=C\C=C/C(=C)c1cccc(C)c1)N1CCOCC1. The summed E-state index contributed by atoms with van der Waals surface area (Å²) in [4.78, 5) is 6.39. The van der Waals surface area contributed by atoms with Gasteiger partial charge in [-0.25, -0.2) is 0 Å². The molecule has 2 aromatic rings. The molecule has 1 aliphatic rings. The number of aliphatic hydroxyl groups is 1. The van der Waals surface area contributed by atoms with Gasteiger partial charge in [0.25, 0.3) is 0 Å². The van der Waals surface area contributed by atoms with Crippen molar-refractivity contribution in [1.82, 2.24) is 10.2 Å². The Hall–Kier alpha value is -2.93. The molecule has 2 heterocycles. The number of benzene rings is 1. The van der Waals surface area contributed by atoms with Crippen molar-refractivity contribution in [3.05, 3.63) is 77.8 Å². The van der Waals surface area contributed by atoms with Crippen LogP contribution in [0.2, 0.25) is 0 Å². The Labute approximate surface area is 197 Å². The van der Waals surface area contributed by atoms with Gasteiger partial charge >= 0.3 is 0 Å². The summed E-state index contributed by atoms with van der Waals surface area (Å²) in [6.07, 6.45) is 6.75. The van der Waals surface area contributed by atoms with Crippen molar-refractivity contribution in [2.45, 2.75) is 25.9 Å². The Kier molecular flexibility index (Phi) is 9.24. The first-order valence-electron chi connectivity index (χ1n) is 11.4. The van der Waals surface area contributed by atoms with Gasteiger partial charge in [-0.3, -0.25) is 4.99 Å². The molecule has 0 aliphatic carbocycles. The Morgan fingerprint density at radius 1 is 1.30 bits per heavy atom. The molecule has 3 rings (SSSR count). The zero-order valence-corrected chi connectivity index (χ0v) is 19.7. The summed E-state index contributed by atoms with van der Waals surface area (Å²) >= 11 is 0. The van der Waals surface area contributed by atoms with Gasteiger partial charge in [0.15, 0.2) is 5.76 Å². The van der Waals surface area contributed by atoms with E-state index in [0.717, 1.165) is 42.9 Å². The molecule has 1 fully saturated rings. The minimum atomic E-state index is -0.685. The van der Waals surface area contributed by atoms with Crippen molar-refractivity contribution in [2.75, 3.05) is 39.9 Å². The quantitative estimate of drug-likeness (QED) is 0.290. The molecular weight excluding hydrogens is 414 g/mol. The van der Waals surface area contributed by atoms with Crippen LogP contribution in [0.1, 0.15) is 41.6 Å². The minimum Gasteiger partial charge on any atom is -0.454 e. The van der Waals surface area contributed by atoms with Crippen molar-refractivity contribution in [1.29, 1.82) is 0 Å². The number of aryl methyl sites for hydroxylation is 1. The first kappa shape index (κ1) is 24.7. The van der Waals surface area contributed by atoms with E-state index in [1.54, 1.807) is 6.07 Å². The van der Waals surface area contributed by atoms with Crippen molar-refractivity contribution in [3.8, 4) is 0 Å². The predicted molar refractivity (Wildman–Crippen MR) is 136 cm³/mol. The number of aliphatic imine (C=N–C) groups is 1. The number of hydrogen-bond donors (Lipinski definition) is 2. The molecule has 1 atom stereocenters. The Balaban J connectivity index is 1.89. The van der Waals surface area contributed by atoms with Gasteiger partial charge in [0.1, 0.15) is 17.6 Å². The van der Waals surface area contributed by atoms with E-state index in [1.807, 2.05) is 31.3 Å². The summed E-state index contributed by atoms with van der Waals surface area (Å²) in [5.41, 5.74) is 4.73. The zero-order valence-electron chi connectivity index (χ0n) is 19.7. The van der Waals surface area contributed by atoms with Crippen LogP contribution in [0.15, 0.2) is 64.5 Å². The van der Waals surface area contributed by atoms with E-state index >= 15 is 0 Å². The summed E-state index contributed by atoms with van der Waals surface area (Å²) in [5, 5.41) is 13.7. The number of allylic oxidation sites excluding steroid dienone is 4. The van der Waals surface area contributed by atoms with E-state index in [1.165, 1.54) is 5.56 Å². The highest BCUT2D eigenvalue weighted by atomic mass is 16.5. The van der Waals surface area contributed by atoms with Gasteiger partial charge in [-0.05, 0) is 57.3 Å². The third kappa shape index (κ3) is 6.78. The summed E-state index contributed by atoms with van der Waals surface area (Å²) in [7, 11) is 1.90. The molecule has 6 nitrogen and oxygen atoms in total. The maximum Gasteiger partial charge on any atom is 0.176 e. The number of rotatable bonds is 11. The number of furan rings is 1. The smallest absolute Gasteiger partial charge is 0.176 e. The van der Waals surface area contributed by atoms with Crippen molar-refractivity contribution >= 4 is 23.7 Å². The van der Waals surface area contributed by atoms with E-state index in [2.05, 4.69) is 53.6 Å².